The van der Waals surface area contributed by atoms with Crippen molar-refractivity contribution in [3.05, 3.63) is 46.0 Å². The van der Waals surface area contributed by atoms with Gasteiger partial charge in [0, 0.05) is 18.2 Å². The van der Waals surface area contributed by atoms with Crippen molar-refractivity contribution in [2.45, 2.75) is 40.0 Å². The summed E-state index contributed by atoms with van der Waals surface area (Å²) in [6, 6.07) is 4.07. The van der Waals surface area contributed by atoms with Crippen LogP contribution >= 0.6 is 11.6 Å². The molecular formula is C15H18ClFN2O2. The second-order valence-electron chi connectivity index (χ2n) is 4.81. The van der Waals surface area contributed by atoms with Gasteiger partial charge in [0.1, 0.15) is 18.2 Å². The van der Waals surface area contributed by atoms with Gasteiger partial charge in [-0.05, 0) is 32.9 Å². The molecule has 0 saturated heterocycles. The first-order valence-electron chi connectivity index (χ1n) is 6.76. The minimum atomic E-state index is -0.742. The van der Waals surface area contributed by atoms with E-state index in [1.807, 2.05) is 13.8 Å². The molecule has 1 N–H and O–H groups in total. The Morgan fingerprint density at radius 2 is 2.19 bits per heavy atom. The summed E-state index contributed by atoms with van der Waals surface area (Å²) in [4.78, 5) is 0. The van der Waals surface area contributed by atoms with Crippen LogP contribution in [0.1, 0.15) is 36.9 Å². The topological polar surface area (TPSA) is 47.3 Å². The van der Waals surface area contributed by atoms with Crippen molar-refractivity contribution >= 4 is 11.6 Å². The number of hydrogen-bond donors (Lipinski definition) is 1. The number of aliphatic hydroxyl groups is 1. The van der Waals surface area contributed by atoms with Gasteiger partial charge < -0.3 is 9.84 Å². The van der Waals surface area contributed by atoms with Gasteiger partial charge >= 0.3 is 0 Å². The predicted octanol–water partition coefficient (Wildman–Crippen LogP) is 3.64. The summed E-state index contributed by atoms with van der Waals surface area (Å²) in [5.41, 5.74) is 2.00. The second-order valence-corrected chi connectivity index (χ2v) is 5.19. The first kappa shape index (κ1) is 15.8. The van der Waals surface area contributed by atoms with Crippen LogP contribution in [0, 0.1) is 12.7 Å². The molecule has 2 rings (SSSR count). The van der Waals surface area contributed by atoms with Crippen LogP contribution in [0.4, 0.5) is 4.39 Å². The zero-order chi connectivity index (χ0) is 15.6. The monoisotopic (exact) mass is 312 g/mol. The van der Waals surface area contributed by atoms with Gasteiger partial charge in [-0.1, -0.05) is 11.6 Å². The number of nitrogens with zero attached hydrogens (tertiary/aromatic N) is 2. The van der Waals surface area contributed by atoms with E-state index in [2.05, 4.69) is 5.10 Å². The van der Waals surface area contributed by atoms with E-state index in [4.69, 9.17) is 16.3 Å². The molecule has 0 amide bonds. The molecular weight excluding hydrogens is 295 g/mol. The highest BCUT2D eigenvalue weighted by Gasteiger charge is 2.15. The van der Waals surface area contributed by atoms with Crippen LogP contribution in [0.25, 0.3) is 0 Å². The number of aryl methyl sites for hydroxylation is 2. The summed E-state index contributed by atoms with van der Waals surface area (Å²) < 4.78 is 20.8. The minimum absolute atomic E-state index is 0.163. The Labute approximate surface area is 128 Å². The SMILES string of the molecule is CCn1nc(C)c(Cl)c1COc1cc(F)ccc1[C@@H](C)O. The van der Waals surface area contributed by atoms with Gasteiger partial charge in [-0.2, -0.15) is 5.10 Å². The van der Waals surface area contributed by atoms with E-state index in [1.165, 1.54) is 18.2 Å². The van der Waals surface area contributed by atoms with Crippen LogP contribution in [0.15, 0.2) is 18.2 Å². The van der Waals surface area contributed by atoms with Crippen molar-refractivity contribution in [1.29, 1.82) is 0 Å². The molecule has 1 aromatic carbocycles. The molecule has 6 heteroatoms. The maximum atomic E-state index is 13.4. The zero-order valence-corrected chi connectivity index (χ0v) is 13.0. The molecule has 114 valence electrons. The van der Waals surface area contributed by atoms with Gasteiger partial charge in [0.15, 0.2) is 0 Å². The first-order chi connectivity index (χ1) is 9.93. The standard InChI is InChI=1S/C15H18ClFN2O2/c1-4-19-13(15(16)9(2)18-19)8-21-14-7-11(17)5-6-12(14)10(3)20/h5-7,10,20H,4,8H2,1-3H3/t10-/m1/s1. The number of aliphatic hydroxyl groups excluding tert-OH is 1. The van der Waals surface area contributed by atoms with Crippen LogP contribution in [-0.4, -0.2) is 14.9 Å². The van der Waals surface area contributed by atoms with E-state index in [-0.39, 0.29) is 6.61 Å². The first-order valence-corrected chi connectivity index (χ1v) is 7.14. The molecule has 0 aliphatic carbocycles. The van der Waals surface area contributed by atoms with Gasteiger partial charge in [-0.25, -0.2) is 4.39 Å². The van der Waals surface area contributed by atoms with E-state index in [1.54, 1.807) is 11.6 Å². The summed E-state index contributed by atoms with van der Waals surface area (Å²) in [5, 5.41) is 14.6. The summed E-state index contributed by atoms with van der Waals surface area (Å²) in [7, 11) is 0. The van der Waals surface area contributed by atoms with E-state index >= 15 is 0 Å². The van der Waals surface area contributed by atoms with Crippen LogP contribution in [0.5, 0.6) is 5.75 Å². The Bertz CT molecular complexity index is 641. The molecule has 0 saturated carbocycles. The zero-order valence-electron chi connectivity index (χ0n) is 12.2. The lowest BCUT2D eigenvalue weighted by Gasteiger charge is -2.14. The fraction of sp³-hybridized carbons (Fsp3) is 0.400. The summed E-state index contributed by atoms with van der Waals surface area (Å²) >= 11 is 6.21. The third kappa shape index (κ3) is 3.36. The lowest BCUT2D eigenvalue weighted by Crippen LogP contribution is -2.08. The van der Waals surface area contributed by atoms with Gasteiger partial charge in [0.2, 0.25) is 0 Å². The van der Waals surface area contributed by atoms with Crippen molar-refractivity contribution in [1.82, 2.24) is 9.78 Å². The Kier molecular flexibility index (Phi) is 4.85. The highest BCUT2D eigenvalue weighted by molar-refractivity contribution is 6.31. The van der Waals surface area contributed by atoms with Crippen molar-refractivity contribution in [3.8, 4) is 5.75 Å². The lowest BCUT2D eigenvalue weighted by molar-refractivity contribution is 0.189. The molecule has 0 aliphatic heterocycles. The van der Waals surface area contributed by atoms with Crippen molar-refractivity contribution in [3.63, 3.8) is 0 Å². The van der Waals surface area contributed by atoms with Crippen molar-refractivity contribution in [2.24, 2.45) is 0 Å². The summed E-state index contributed by atoms with van der Waals surface area (Å²) in [6.07, 6.45) is -0.742. The van der Waals surface area contributed by atoms with Gasteiger partial charge in [-0.15, -0.1) is 0 Å². The highest BCUT2D eigenvalue weighted by atomic mass is 35.5. The molecule has 0 fully saturated rings. The average Bonchev–Trinajstić information content (AvgIpc) is 2.71. The quantitative estimate of drug-likeness (QED) is 0.917. The largest absolute Gasteiger partial charge is 0.487 e. The molecule has 0 bridgehead atoms. The molecule has 21 heavy (non-hydrogen) atoms. The van der Waals surface area contributed by atoms with E-state index in [0.29, 0.717) is 22.9 Å². The molecule has 1 aromatic heterocycles. The predicted molar refractivity (Wildman–Crippen MR) is 79.0 cm³/mol. The smallest absolute Gasteiger partial charge is 0.131 e. The third-order valence-electron chi connectivity index (χ3n) is 3.24. The molecule has 2 aromatic rings. The molecule has 0 radical (unpaired) electrons. The van der Waals surface area contributed by atoms with Crippen LogP contribution in [-0.2, 0) is 13.2 Å². The average molecular weight is 313 g/mol. The van der Waals surface area contributed by atoms with Gasteiger partial charge in [0.05, 0.1) is 22.5 Å². The molecule has 0 unspecified atom stereocenters. The maximum absolute atomic E-state index is 13.4. The Balaban J connectivity index is 2.26. The molecule has 1 atom stereocenters. The van der Waals surface area contributed by atoms with E-state index < -0.39 is 11.9 Å². The fourth-order valence-corrected chi connectivity index (χ4v) is 2.32. The molecule has 0 spiro atoms. The molecule has 0 aliphatic rings. The molecule has 1 heterocycles. The number of rotatable bonds is 5. The van der Waals surface area contributed by atoms with E-state index in [0.717, 1.165) is 11.4 Å². The summed E-state index contributed by atoms with van der Waals surface area (Å²) in [6.45, 7) is 6.21. The number of ether oxygens (including phenoxy) is 1. The normalized spacial score (nSPS) is 12.5. The lowest BCUT2D eigenvalue weighted by atomic mass is 10.1. The molecule has 4 nitrogen and oxygen atoms in total. The third-order valence-corrected chi connectivity index (χ3v) is 3.73. The summed E-state index contributed by atoms with van der Waals surface area (Å²) in [5.74, 6) is -0.108. The van der Waals surface area contributed by atoms with Gasteiger partial charge in [-0.3, -0.25) is 4.68 Å². The maximum Gasteiger partial charge on any atom is 0.131 e. The Morgan fingerprint density at radius 1 is 1.48 bits per heavy atom. The Morgan fingerprint density at radius 3 is 2.81 bits per heavy atom. The second kappa shape index (κ2) is 6.45. The van der Waals surface area contributed by atoms with Crippen LogP contribution in [0.2, 0.25) is 5.02 Å². The van der Waals surface area contributed by atoms with Crippen LogP contribution in [0.3, 0.4) is 0 Å². The Hall–Kier alpha value is -1.59. The fourth-order valence-electron chi connectivity index (χ4n) is 2.13. The number of aromatic nitrogens is 2. The van der Waals surface area contributed by atoms with Crippen molar-refractivity contribution in [2.75, 3.05) is 0 Å². The van der Waals surface area contributed by atoms with Crippen molar-refractivity contribution < 1.29 is 14.2 Å². The van der Waals surface area contributed by atoms with E-state index in [9.17, 15) is 9.50 Å². The van der Waals surface area contributed by atoms with Crippen LogP contribution < -0.4 is 4.74 Å². The van der Waals surface area contributed by atoms with Gasteiger partial charge in [0.25, 0.3) is 0 Å². The number of hydrogen-bond acceptors (Lipinski definition) is 3. The number of halogens is 2. The minimum Gasteiger partial charge on any atom is -0.487 e. The number of benzene rings is 1. The highest BCUT2D eigenvalue weighted by Crippen LogP contribution is 2.28.